The number of aliphatic carboxylic acids is 1. The third kappa shape index (κ3) is 0.710. The third-order valence-corrected chi connectivity index (χ3v) is 1.76. The summed E-state index contributed by atoms with van der Waals surface area (Å²) in [6.45, 7) is 1.79. The van der Waals surface area contributed by atoms with Gasteiger partial charge in [-0.2, -0.15) is 0 Å². The first-order valence-electron chi connectivity index (χ1n) is 2.76. The van der Waals surface area contributed by atoms with Crippen molar-refractivity contribution in [2.45, 2.75) is 18.6 Å². The SMILES string of the molecule is C[C@@H]1NCC1(O)C(=O)O. The van der Waals surface area contributed by atoms with Crippen molar-refractivity contribution in [3.05, 3.63) is 0 Å². The van der Waals surface area contributed by atoms with Crippen LogP contribution in [0.15, 0.2) is 0 Å². The van der Waals surface area contributed by atoms with Crippen molar-refractivity contribution in [2.24, 2.45) is 0 Å². The average molecular weight is 131 g/mol. The van der Waals surface area contributed by atoms with Crippen molar-refractivity contribution in [2.75, 3.05) is 6.54 Å². The van der Waals surface area contributed by atoms with Crippen molar-refractivity contribution < 1.29 is 15.0 Å². The van der Waals surface area contributed by atoms with E-state index in [9.17, 15) is 4.79 Å². The van der Waals surface area contributed by atoms with Crippen LogP contribution in [0.4, 0.5) is 0 Å². The average Bonchev–Trinajstić information content (AvgIpc) is 1.82. The van der Waals surface area contributed by atoms with Gasteiger partial charge in [0.15, 0.2) is 5.60 Å². The van der Waals surface area contributed by atoms with Gasteiger partial charge in [-0.1, -0.05) is 0 Å². The van der Waals surface area contributed by atoms with Crippen LogP contribution in [-0.2, 0) is 4.79 Å². The minimum Gasteiger partial charge on any atom is -0.479 e. The highest BCUT2D eigenvalue weighted by molar-refractivity contribution is 5.79. The van der Waals surface area contributed by atoms with E-state index in [4.69, 9.17) is 10.2 Å². The zero-order valence-electron chi connectivity index (χ0n) is 5.09. The Kier molecular flexibility index (Phi) is 1.22. The Morgan fingerprint density at radius 2 is 2.44 bits per heavy atom. The van der Waals surface area contributed by atoms with Crippen molar-refractivity contribution in [3.63, 3.8) is 0 Å². The van der Waals surface area contributed by atoms with Crippen LogP contribution in [0.3, 0.4) is 0 Å². The van der Waals surface area contributed by atoms with Crippen LogP contribution in [-0.4, -0.2) is 34.4 Å². The van der Waals surface area contributed by atoms with Crippen LogP contribution < -0.4 is 5.32 Å². The molecule has 0 aliphatic carbocycles. The van der Waals surface area contributed by atoms with E-state index in [2.05, 4.69) is 5.32 Å². The van der Waals surface area contributed by atoms with Gasteiger partial charge in [0.1, 0.15) is 0 Å². The van der Waals surface area contributed by atoms with Gasteiger partial charge in [0, 0.05) is 12.6 Å². The summed E-state index contributed by atoms with van der Waals surface area (Å²) in [7, 11) is 0. The van der Waals surface area contributed by atoms with E-state index in [1.807, 2.05) is 0 Å². The maximum absolute atomic E-state index is 10.2. The van der Waals surface area contributed by atoms with Gasteiger partial charge < -0.3 is 15.5 Å². The van der Waals surface area contributed by atoms with Crippen LogP contribution in [0.2, 0.25) is 0 Å². The zero-order chi connectivity index (χ0) is 7.07. The summed E-state index contributed by atoms with van der Waals surface area (Å²) < 4.78 is 0. The third-order valence-electron chi connectivity index (χ3n) is 1.76. The maximum Gasteiger partial charge on any atom is 0.338 e. The van der Waals surface area contributed by atoms with E-state index in [0.29, 0.717) is 0 Å². The van der Waals surface area contributed by atoms with Gasteiger partial charge in [0.25, 0.3) is 0 Å². The molecule has 1 saturated heterocycles. The predicted octanol–water partition coefficient (Wildman–Crippen LogP) is -1.21. The predicted molar refractivity (Wildman–Crippen MR) is 30.1 cm³/mol. The van der Waals surface area contributed by atoms with Gasteiger partial charge in [-0.05, 0) is 6.92 Å². The number of rotatable bonds is 1. The number of carbonyl (C=O) groups is 1. The number of β-amino-alcohol motifs (C(OH)–C–C–N with tert-alkyl or cyclic N) is 1. The number of aliphatic hydroxyl groups is 1. The Bertz CT molecular complexity index is 147. The molecule has 1 aliphatic heterocycles. The second-order valence-corrected chi connectivity index (χ2v) is 2.33. The summed E-state index contributed by atoms with van der Waals surface area (Å²) in [5.41, 5.74) is -1.51. The summed E-state index contributed by atoms with van der Waals surface area (Å²) in [4.78, 5) is 10.2. The summed E-state index contributed by atoms with van der Waals surface area (Å²) in [5, 5.41) is 20.2. The molecule has 2 atom stereocenters. The molecule has 4 heteroatoms. The lowest BCUT2D eigenvalue weighted by molar-refractivity contribution is -0.169. The summed E-state index contributed by atoms with van der Waals surface area (Å²) in [5.74, 6) is -1.14. The van der Waals surface area contributed by atoms with Crippen LogP contribution in [0.1, 0.15) is 6.92 Å². The largest absolute Gasteiger partial charge is 0.479 e. The molecule has 1 rings (SSSR count). The molecule has 0 spiro atoms. The lowest BCUT2D eigenvalue weighted by Gasteiger charge is -2.40. The van der Waals surface area contributed by atoms with E-state index < -0.39 is 11.6 Å². The molecule has 0 bridgehead atoms. The fourth-order valence-corrected chi connectivity index (χ4v) is 0.760. The summed E-state index contributed by atoms with van der Waals surface area (Å²) >= 11 is 0. The molecule has 52 valence electrons. The molecule has 0 saturated carbocycles. The fraction of sp³-hybridized carbons (Fsp3) is 0.800. The molecular weight excluding hydrogens is 122 g/mol. The molecule has 0 amide bonds. The standard InChI is InChI=1S/C5H9NO3/c1-3-5(9,2-6-3)4(7)8/h3,6,9H,2H2,1H3,(H,7,8)/t3-,5?/m0/s1. The Morgan fingerprint density at radius 1 is 1.89 bits per heavy atom. The van der Waals surface area contributed by atoms with Crippen molar-refractivity contribution in [3.8, 4) is 0 Å². The zero-order valence-corrected chi connectivity index (χ0v) is 5.09. The van der Waals surface area contributed by atoms with Crippen molar-refractivity contribution in [1.82, 2.24) is 5.32 Å². The van der Waals surface area contributed by atoms with E-state index >= 15 is 0 Å². The first-order chi connectivity index (χ1) is 4.07. The minimum atomic E-state index is -1.51. The highest BCUT2D eigenvalue weighted by Crippen LogP contribution is 2.17. The fourth-order valence-electron chi connectivity index (χ4n) is 0.760. The molecule has 9 heavy (non-hydrogen) atoms. The molecule has 4 nitrogen and oxygen atoms in total. The van der Waals surface area contributed by atoms with E-state index in [-0.39, 0.29) is 12.6 Å². The number of nitrogens with one attached hydrogen (secondary N) is 1. The molecule has 3 N–H and O–H groups in total. The van der Waals surface area contributed by atoms with E-state index in [1.165, 1.54) is 0 Å². The Labute approximate surface area is 52.5 Å². The normalized spacial score (nSPS) is 41.8. The molecular formula is C5H9NO3. The maximum atomic E-state index is 10.2. The summed E-state index contributed by atoms with van der Waals surface area (Å²) in [6, 6.07) is -0.324. The van der Waals surface area contributed by atoms with Crippen LogP contribution in [0.25, 0.3) is 0 Å². The highest BCUT2D eigenvalue weighted by atomic mass is 16.4. The lowest BCUT2D eigenvalue weighted by Crippen LogP contribution is -2.70. The smallest absolute Gasteiger partial charge is 0.338 e. The van der Waals surface area contributed by atoms with Crippen LogP contribution in [0, 0.1) is 0 Å². The van der Waals surface area contributed by atoms with Gasteiger partial charge in [-0.3, -0.25) is 0 Å². The van der Waals surface area contributed by atoms with Gasteiger partial charge in [-0.25, -0.2) is 4.79 Å². The van der Waals surface area contributed by atoms with Gasteiger partial charge >= 0.3 is 5.97 Å². The second kappa shape index (κ2) is 1.68. The Morgan fingerprint density at radius 3 is 2.44 bits per heavy atom. The van der Waals surface area contributed by atoms with Crippen molar-refractivity contribution in [1.29, 1.82) is 0 Å². The lowest BCUT2D eigenvalue weighted by atomic mass is 9.88. The van der Waals surface area contributed by atoms with Crippen LogP contribution >= 0.6 is 0 Å². The number of hydrogen-bond acceptors (Lipinski definition) is 3. The van der Waals surface area contributed by atoms with E-state index in [1.54, 1.807) is 6.92 Å². The number of carboxylic acid groups (broad SMARTS) is 1. The molecule has 1 heterocycles. The van der Waals surface area contributed by atoms with Gasteiger partial charge in [0.2, 0.25) is 0 Å². The highest BCUT2D eigenvalue weighted by Gasteiger charge is 2.49. The first kappa shape index (κ1) is 6.51. The molecule has 1 fully saturated rings. The molecule has 0 aromatic heterocycles. The summed E-state index contributed by atoms with van der Waals surface area (Å²) in [6.07, 6.45) is 0. The molecule has 1 unspecified atom stereocenters. The van der Waals surface area contributed by atoms with Gasteiger partial charge in [-0.15, -0.1) is 0 Å². The Balaban J connectivity index is 2.64. The molecule has 0 aromatic carbocycles. The topological polar surface area (TPSA) is 69.6 Å². The molecule has 1 aliphatic rings. The van der Waals surface area contributed by atoms with E-state index in [0.717, 1.165) is 0 Å². The van der Waals surface area contributed by atoms with Crippen LogP contribution in [0.5, 0.6) is 0 Å². The monoisotopic (exact) mass is 131 g/mol. The quantitative estimate of drug-likeness (QED) is 0.418. The molecule has 0 radical (unpaired) electrons. The first-order valence-corrected chi connectivity index (χ1v) is 2.76. The number of carboxylic acids is 1. The van der Waals surface area contributed by atoms with Gasteiger partial charge in [0.05, 0.1) is 0 Å². The second-order valence-electron chi connectivity index (χ2n) is 2.33. The Hall–Kier alpha value is -0.610. The minimum absolute atomic E-state index is 0.156. The molecule has 0 aromatic rings. The number of hydrogen-bond donors (Lipinski definition) is 3. The van der Waals surface area contributed by atoms with Crippen molar-refractivity contribution >= 4 is 5.97 Å².